The van der Waals surface area contributed by atoms with Gasteiger partial charge in [0.25, 0.3) is 0 Å². The van der Waals surface area contributed by atoms with Crippen molar-refractivity contribution in [3.05, 3.63) is 126 Å². The maximum atomic E-state index is 5.49. The summed E-state index contributed by atoms with van der Waals surface area (Å²) < 4.78 is 14.2. The molecule has 53 heavy (non-hydrogen) atoms. The first-order valence-electron chi connectivity index (χ1n) is 19.0. The molecule has 0 unspecified atom stereocenters. The van der Waals surface area contributed by atoms with Crippen LogP contribution in [0.2, 0.25) is 13.1 Å². The zero-order valence-electron chi connectivity index (χ0n) is 32.1. The van der Waals surface area contributed by atoms with Crippen molar-refractivity contribution in [1.29, 1.82) is 0 Å². The van der Waals surface area contributed by atoms with Gasteiger partial charge in [-0.3, -0.25) is 0 Å². The SMILES string of the molecule is COc1ccc(C2=CC3=C4CCCC4=C4C=C([Si](C)(C)c5cc(C6=C(c7cc(-c8ccc(OC)cc8)sc7C)CCC6)c(C)s5)S[C@@]4(C)[C@]3(C)S2)cc1. The van der Waals surface area contributed by atoms with Gasteiger partial charge in [0, 0.05) is 19.5 Å². The topological polar surface area (TPSA) is 18.5 Å². The first-order chi connectivity index (χ1) is 25.4. The van der Waals surface area contributed by atoms with Crippen LogP contribution in [0, 0.1) is 13.8 Å². The molecule has 2 aromatic carbocycles. The number of hydrogen-bond acceptors (Lipinski definition) is 6. The lowest BCUT2D eigenvalue weighted by Crippen LogP contribution is -2.48. The summed E-state index contributed by atoms with van der Waals surface area (Å²) in [7, 11) is 1.48. The van der Waals surface area contributed by atoms with E-state index in [0.717, 1.165) is 17.9 Å². The molecule has 0 radical (unpaired) electrons. The summed E-state index contributed by atoms with van der Waals surface area (Å²) in [6.07, 6.45) is 12.5. The summed E-state index contributed by atoms with van der Waals surface area (Å²) in [4.78, 5) is 5.65. The number of thioether (sulfide) groups is 2. The monoisotopic (exact) mass is 788 g/mol. The Morgan fingerprint density at radius 1 is 0.604 bits per heavy atom. The normalized spacial score (nSPS) is 23.8. The second kappa shape index (κ2) is 13.1. The molecule has 2 nitrogen and oxygen atoms in total. The van der Waals surface area contributed by atoms with Gasteiger partial charge in [0.15, 0.2) is 0 Å². The van der Waals surface area contributed by atoms with E-state index in [1.54, 1.807) is 56.7 Å². The van der Waals surface area contributed by atoms with Crippen LogP contribution in [0.5, 0.6) is 11.5 Å². The molecule has 0 saturated heterocycles. The van der Waals surface area contributed by atoms with Crippen molar-refractivity contribution in [2.24, 2.45) is 0 Å². The molecular weight excluding hydrogens is 741 g/mol. The molecule has 272 valence electrons. The smallest absolute Gasteiger partial charge is 0.132 e. The van der Waals surface area contributed by atoms with Crippen molar-refractivity contribution in [2.75, 3.05) is 14.2 Å². The van der Waals surface area contributed by atoms with Crippen LogP contribution in [0.3, 0.4) is 0 Å². The van der Waals surface area contributed by atoms with Gasteiger partial charge >= 0.3 is 0 Å². The van der Waals surface area contributed by atoms with E-state index in [1.165, 1.54) is 73.9 Å². The summed E-state index contributed by atoms with van der Waals surface area (Å²) in [5, 5.41) is 0. The first-order valence-corrected chi connectivity index (χ1v) is 25.2. The lowest BCUT2D eigenvalue weighted by molar-refractivity contribution is 0.414. The Morgan fingerprint density at radius 3 is 1.72 bits per heavy atom. The second-order valence-corrected chi connectivity index (χ2v) is 26.5. The Bertz CT molecular complexity index is 2330. The fourth-order valence-corrected chi connectivity index (χ4v) is 19.4. The molecule has 7 heteroatoms. The van der Waals surface area contributed by atoms with E-state index in [2.05, 4.69) is 148 Å². The molecule has 5 aliphatic rings. The van der Waals surface area contributed by atoms with Crippen molar-refractivity contribution < 1.29 is 9.47 Å². The first kappa shape index (κ1) is 35.7. The fraction of sp³-hybridized carbons (Fsp3) is 0.348. The van der Waals surface area contributed by atoms with E-state index in [1.807, 2.05) is 11.3 Å². The van der Waals surface area contributed by atoms with Crippen LogP contribution in [-0.4, -0.2) is 31.8 Å². The number of benzene rings is 2. The molecular formula is C46H48O2S4Si. The van der Waals surface area contributed by atoms with E-state index >= 15 is 0 Å². The predicted octanol–water partition coefficient (Wildman–Crippen LogP) is 13.4. The van der Waals surface area contributed by atoms with Gasteiger partial charge in [-0.25, -0.2) is 0 Å². The third-order valence-corrected chi connectivity index (χ3v) is 24.2. The van der Waals surface area contributed by atoms with Gasteiger partial charge in [0.05, 0.1) is 23.7 Å². The van der Waals surface area contributed by atoms with Crippen LogP contribution in [-0.2, 0) is 0 Å². The molecule has 2 aromatic heterocycles. The van der Waals surface area contributed by atoms with Crippen LogP contribution in [0.15, 0.2) is 99.6 Å². The Hall–Kier alpha value is -2.94. The average Bonchev–Trinajstić information content (AvgIpc) is 4.01. The molecule has 9 rings (SSSR count). The minimum absolute atomic E-state index is 0.00511. The zero-order valence-corrected chi connectivity index (χ0v) is 36.4. The molecule has 1 fully saturated rings. The summed E-state index contributed by atoms with van der Waals surface area (Å²) in [5.41, 5.74) is 15.2. The number of ether oxygens (including phenoxy) is 2. The van der Waals surface area contributed by atoms with E-state index < -0.39 is 8.07 Å². The molecule has 2 aliphatic heterocycles. The Balaban J connectivity index is 1.05. The third-order valence-electron chi connectivity index (χ3n) is 12.7. The quantitative estimate of drug-likeness (QED) is 0.166. The van der Waals surface area contributed by atoms with E-state index in [4.69, 9.17) is 9.47 Å². The zero-order chi connectivity index (χ0) is 36.9. The maximum Gasteiger partial charge on any atom is 0.132 e. The van der Waals surface area contributed by atoms with E-state index in [9.17, 15) is 0 Å². The molecule has 4 heterocycles. The number of hydrogen-bond donors (Lipinski definition) is 0. The third kappa shape index (κ3) is 5.54. The molecule has 0 bridgehead atoms. The number of thiophene rings is 2. The molecule has 3 aliphatic carbocycles. The summed E-state index contributed by atoms with van der Waals surface area (Å²) in [5.74, 6) is 1.82. The lowest BCUT2D eigenvalue weighted by atomic mass is 9.72. The standard InChI is InChI=1S/C46H48O2S4Si/c1-27-37(23-41(49-27)29-15-19-31(47-5)20-16-29)33-11-9-12-34(33)38-24-43(50-28(38)2)53(7,8)44-26-40-36-14-10-13-35(36)39-25-42(30-17-21-32(48-6)22-18-30)51-45(39,3)46(40,4)52-44/h15-26H,9-14H2,1-8H3/t45-,46-/m1/s1. The minimum atomic E-state index is -2.00. The molecule has 4 aromatic rings. The van der Waals surface area contributed by atoms with Crippen molar-refractivity contribution in [3.63, 3.8) is 0 Å². The molecule has 0 amide bonds. The van der Waals surface area contributed by atoms with E-state index in [-0.39, 0.29) is 9.49 Å². The summed E-state index contributed by atoms with van der Waals surface area (Å²) >= 11 is 8.33. The predicted molar refractivity (Wildman–Crippen MR) is 237 cm³/mol. The average molecular weight is 789 g/mol. The summed E-state index contributed by atoms with van der Waals surface area (Å²) in [6, 6.07) is 22.3. The number of allylic oxidation sites excluding steroid dienone is 6. The highest BCUT2D eigenvalue weighted by Crippen LogP contribution is 2.70. The lowest BCUT2D eigenvalue weighted by Gasteiger charge is -2.47. The highest BCUT2D eigenvalue weighted by Gasteiger charge is 2.60. The minimum Gasteiger partial charge on any atom is -0.497 e. The van der Waals surface area contributed by atoms with Crippen LogP contribution >= 0.6 is 46.2 Å². The van der Waals surface area contributed by atoms with Gasteiger partial charge in [-0.2, -0.15) is 0 Å². The van der Waals surface area contributed by atoms with Gasteiger partial charge in [-0.15, -0.1) is 46.2 Å². The Labute approximate surface area is 333 Å². The highest BCUT2D eigenvalue weighted by molar-refractivity contribution is 8.13. The molecule has 2 atom stereocenters. The van der Waals surface area contributed by atoms with Crippen LogP contribution in [0.25, 0.3) is 26.5 Å². The van der Waals surface area contributed by atoms with Crippen molar-refractivity contribution in [1.82, 2.24) is 0 Å². The largest absolute Gasteiger partial charge is 0.497 e. The van der Waals surface area contributed by atoms with Crippen LogP contribution < -0.4 is 14.0 Å². The van der Waals surface area contributed by atoms with Gasteiger partial charge in [0.2, 0.25) is 0 Å². The van der Waals surface area contributed by atoms with Crippen LogP contribution in [0.1, 0.15) is 78.8 Å². The van der Waals surface area contributed by atoms with Crippen molar-refractivity contribution in [3.8, 4) is 21.9 Å². The highest BCUT2D eigenvalue weighted by atomic mass is 32.2. The van der Waals surface area contributed by atoms with Gasteiger partial charge in [0.1, 0.15) is 19.6 Å². The van der Waals surface area contributed by atoms with Gasteiger partial charge in [-0.05, 0) is 186 Å². The molecule has 1 saturated carbocycles. The van der Waals surface area contributed by atoms with Gasteiger partial charge < -0.3 is 9.47 Å². The summed E-state index contributed by atoms with van der Waals surface area (Å²) in [6.45, 7) is 15.1. The van der Waals surface area contributed by atoms with Crippen molar-refractivity contribution in [2.45, 2.75) is 88.8 Å². The maximum absolute atomic E-state index is 5.49. The van der Waals surface area contributed by atoms with Gasteiger partial charge in [-0.1, -0.05) is 31.3 Å². The van der Waals surface area contributed by atoms with Crippen molar-refractivity contribution >= 4 is 74.8 Å². The Kier molecular flexibility index (Phi) is 8.82. The van der Waals surface area contributed by atoms with E-state index in [0.29, 0.717) is 0 Å². The Morgan fingerprint density at radius 2 is 1.11 bits per heavy atom. The number of methoxy groups -OCH3 is 2. The molecule has 0 spiro atoms. The second-order valence-electron chi connectivity index (χ2n) is 16.0. The number of aryl methyl sites for hydroxylation is 2. The number of rotatable bonds is 8. The fourth-order valence-electron chi connectivity index (χ4n) is 9.38. The van der Waals surface area contributed by atoms with Crippen LogP contribution in [0.4, 0.5) is 0 Å². The number of fused-ring (bicyclic) bond motifs is 4. The molecule has 0 N–H and O–H groups in total.